The molecule has 2 amide bonds. The highest BCUT2D eigenvalue weighted by atomic mass is 35.5. The average molecular weight is 412 g/mol. The Morgan fingerprint density at radius 3 is 2.34 bits per heavy atom. The van der Waals surface area contributed by atoms with Gasteiger partial charge in [0.1, 0.15) is 0 Å². The van der Waals surface area contributed by atoms with Gasteiger partial charge in [0.05, 0.1) is 11.4 Å². The third-order valence-corrected chi connectivity index (χ3v) is 4.42. The van der Waals surface area contributed by atoms with Crippen LogP contribution in [0.25, 0.3) is 5.69 Å². The van der Waals surface area contributed by atoms with Gasteiger partial charge in [-0.2, -0.15) is 0 Å². The molecular weight excluding hydrogens is 390 g/mol. The number of nitrogens with zero attached hydrogens (tertiary/aromatic N) is 3. The van der Waals surface area contributed by atoms with Crippen LogP contribution in [0.15, 0.2) is 48.5 Å². The summed E-state index contributed by atoms with van der Waals surface area (Å²) in [5, 5.41) is 14.3. The van der Waals surface area contributed by atoms with Gasteiger partial charge in [-0.3, -0.25) is 9.59 Å². The van der Waals surface area contributed by atoms with Crippen molar-refractivity contribution in [3.8, 4) is 5.69 Å². The predicted octanol–water partition coefficient (Wildman–Crippen LogP) is 4.47. The first-order valence-electron chi connectivity index (χ1n) is 9.23. The molecule has 0 aliphatic carbocycles. The maximum atomic E-state index is 12.6. The molecule has 1 aromatic heterocycles. The lowest BCUT2D eigenvalue weighted by Crippen LogP contribution is -2.15. The molecule has 1 heterocycles. The first-order chi connectivity index (χ1) is 13.8. The molecule has 0 saturated carbocycles. The normalized spacial score (nSPS) is 10.8. The zero-order valence-electron chi connectivity index (χ0n) is 16.4. The first kappa shape index (κ1) is 20.5. The SMILES string of the molecule is Cc1c(C(=O)Nc2ccc(NC(=O)CC(C)C)cc2)nnn1-c1cccc(Cl)c1. The van der Waals surface area contributed by atoms with Crippen LogP contribution in [0.3, 0.4) is 0 Å². The van der Waals surface area contributed by atoms with Gasteiger partial charge in [0.15, 0.2) is 5.69 Å². The van der Waals surface area contributed by atoms with Crippen LogP contribution in [-0.2, 0) is 4.79 Å². The van der Waals surface area contributed by atoms with E-state index in [4.69, 9.17) is 11.6 Å². The van der Waals surface area contributed by atoms with E-state index >= 15 is 0 Å². The Morgan fingerprint density at radius 2 is 1.72 bits per heavy atom. The summed E-state index contributed by atoms with van der Waals surface area (Å²) in [5.74, 6) is -0.116. The fraction of sp³-hybridized carbons (Fsp3) is 0.238. The molecular formula is C21H22ClN5O2. The molecule has 29 heavy (non-hydrogen) atoms. The second-order valence-corrected chi connectivity index (χ2v) is 7.53. The van der Waals surface area contributed by atoms with E-state index in [1.165, 1.54) is 0 Å². The molecule has 0 bridgehead atoms. The van der Waals surface area contributed by atoms with E-state index in [9.17, 15) is 9.59 Å². The van der Waals surface area contributed by atoms with Crippen LogP contribution >= 0.6 is 11.6 Å². The van der Waals surface area contributed by atoms with Crippen molar-refractivity contribution < 1.29 is 9.59 Å². The highest BCUT2D eigenvalue weighted by molar-refractivity contribution is 6.30. The van der Waals surface area contributed by atoms with E-state index in [0.29, 0.717) is 28.5 Å². The molecule has 7 nitrogen and oxygen atoms in total. The Bertz CT molecular complexity index is 1030. The van der Waals surface area contributed by atoms with Crippen LogP contribution in [0, 0.1) is 12.8 Å². The highest BCUT2D eigenvalue weighted by Gasteiger charge is 2.17. The van der Waals surface area contributed by atoms with Crippen LogP contribution in [0.4, 0.5) is 11.4 Å². The summed E-state index contributed by atoms with van der Waals surface area (Å²) in [6, 6.07) is 14.1. The van der Waals surface area contributed by atoms with Gasteiger partial charge in [-0.25, -0.2) is 4.68 Å². The summed E-state index contributed by atoms with van der Waals surface area (Å²) >= 11 is 6.03. The van der Waals surface area contributed by atoms with Gasteiger partial charge in [-0.1, -0.05) is 36.7 Å². The van der Waals surface area contributed by atoms with Crippen molar-refractivity contribution in [2.45, 2.75) is 27.2 Å². The lowest BCUT2D eigenvalue weighted by Gasteiger charge is -2.09. The number of carbonyl (C=O) groups excluding carboxylic acids is 2. The molecule has 2 aromatic carbocycles. The smallest absolute Gasteiger partial charge is 0.278 e. The zero-order chi connectivity index (χ0) is 21.0. The van der Waals surface area contributed by atoms with E-state index in [0.717, 1.165) is 5.69 Å². The van der Waals surface area contributed by atoms with E-state index in [-0.39, 0.29) is 23.4 Å². The van der Waals surface area contributed by atoms with Crippen LogP contribution in [-0.4, -0.2) is 26.8 Å². The molecule has 0 unspecified atom stereocenters. The number of aromatic nitrogens is 3. The second kappa shape index (κ2) is 8.87. The number of rotatable bonds is 6. The van der Waals surface area contributed by atoms with Gasteiger partial charge in [0.2, 0.25) is 5.91 Å². The van der Waals surface area contributed by atoms with Gasteiger partial charge < -0.3 is 10.6 Å². The van der Waals surface area contributed by atoms with Gasteiger partial charge in [-0.05, 0) is 55.3 Å². The van der Waals surface area contributed by atoms with Crippen LogP contribution in [0.1, 0.15) is 36.5 Å². The van der Waals surface area contributed by atoms with E-state index in [2.05, 4.69) is 20.9 Å². The summed E-state index contributed by atoms with van der Waals surface area (Å²) in [6.45, 7) is 5.74. The standard InChI is InChI=1S/C21H22ClN5O2/c1-13(2)11-19(28)23-16-7-9-17(10-8-16)24-21(29)20-14(3)27(26-25-20)18-6-4-5-15(22)12-18/h4-10,12-13H,11H2,1-3H3,(H,23,28)(H,24,29). The molecule has 0 atom stereocenters. The minimum absolute atomic E-state index is 0.0370. The second-order valence-electron chi connectivity index (χ2n) is 7.09. The molecule has 0 fully saturated rings. The quantitative estimate of drug-likeness (QED) is 0.626. The first-order valence-corrected chi connectivity index (χ1v) is 9.61. The van der Waals surface area contributed by atoms with Crippen molar-refractivity contribution >= 4 is 34.8 Å². The fourth-order valence-corrected chi connectivity index (χ4v) is 2.99. The number of amides is 2. The van der Waals surface area contributed by atoms with Gasteiger partial charge in [-0.15, -0.1) is 5.10 Å². The summed E-state index contributed by atoms with van der Waals surface area (Å²) in [6.07, 6.45) is 0.458. The Morgan fingerprint density at radius 1 is 1.07 bits per heavy atom. The summed E-state index contributed by atoms with van der Waals surface area (Å²) in [5.41, 5.74) is 2.81. The number of anilines is 2. The van der Waals surface area contributed by atoms with Crippen molar-refractivity contribution in [1.82, 2.24) is 15.0 Å². The molecule has 0 aliphatic rings. The average Bonchev–Trinajstić information content (AvgIpc) is 3.04. The van der Waals surface area contributed by atoms with Crippen molar-refractivity contribution in [3.63, 3.8) is 0 Å². The number of carbonyl (C=O) groups is 2. The number of hydrogen-bond donors (Lipinski definition) is 2. The molecule has 3 aromatic rings. The Kier molecular flexibility index (Phi) is 6.29. The van der Waals surface area contributed by atoms with E-state index < -0.39 is 0 Å². The van der Waals surface area contributed by atoms with E-state index in [1.54, 1.807) is 54.1 Å². The van der Waals surface area contributed by atoms with Gasteiger partial charge >= 0.3 is 0 Å². The van der Waals surface area contributed by atoms with Crippen molar-refractivity contribution in [3.05, 3.63) is 64.9 Å². The number of hydrogen-bond acceptors (Lipinski definition) is 4. The summed E-state index contributed by atoms with van der Waals surface area (Å²) in [7, 11) is 0. The predicted molar refractivity (Wildman–Crippen MR) is 114 cm³/mol. The number of halogens is 1. The molecule has 8 heteroatoms. The lowest BCUT2D eigenvalue weighted by molar-refractivity contribution is -0.116. The Labute approximate surface area is 174 Å². The summed E-state index contributed by atoms with van der Waals surface area (Å²) < 4.78 is 1.56. The monoisotopic (exact) mass is 411 g/mol. The molecule has 0 saturated heterocycles. The van der Waals surface area contributed by atoms with Crippen molar-refractivity contribution in [2.24, 2.45) is 5.92 Å². The lowest BCUT2D eigenvalue weighted by atomic mass is 10.1. The van der Waals surface area contributed by atoms with Gasteiger partial charge in [0.25, 0.3) is 5.91 Å². The third-order valence-electron chi connectivity index (χ3n) is 4.18. The van der Waals surface area contributed by atoms with Crippen LogP contribution in [0.2, 0.25) is 5.02 Å². The molecule has 0 aliphatic heterocycles. The van der Waals surface area contributed by atoms with Crippen molar-refractivity contribution in [2.75, 3.05) is 10.6 Å². The number of nitrogens with one attached hydrogen (secondary N) is 2. The molecule has 3 rings (SSSR count). The Balaban J connectivity index is 1.68. The van der Waals surface area contributed by atoms with E-state index in [1.807, 2.05) is 19.9 Å². The van der Waals surface area contributed by atoms with Crippen molar-refractivity contribution in [1.29, 1.82) is 0 Å². The summed E-state index contributed by atoms with van der Waals surface area (Å²) in [4.78, 5) is 24.4. The van der Waals surface area contributed by atoms with Crippen LogP contribution in [0.5, 0.6) is 0 Å². The third kappa shape index (κ3) is 5.20. The topological polar surface area (TPSA) is 88.9 Å². The molecule has 150 valence electrons. The molecule has 2 N–H and O–H groups in total. The van der Waals surface area contributed by atoms with Crippen LogP contribution < -0.4 is 10.6 Å². The maximum Gasteiger partial charge on any atom is 0.278 e. The van der Waals surface area contributed by atoms with Gasteiger partial charge in [0, 0.05) is 22.8 Å². The largest absolute Gasteiger partial charge is 0.326 e. The molecule has 0 radical (unpaired) electrons. The minimum atomic E-state index is -0.368. The highest BCUT2D eigenvalue weighted by Crippen LogP contribution is 2.19. The maximum absolute atomic E-state index is 12.6. The number of benzene rings is 2. The molecule has 0 spiro atoms. The minimum Gasteiger partial charge on any atom is -0.326 e. The Hall–Kier alpha value is -3.19. The fourth-order valence-electron chi connectivity index (χ4n) is 2.80. The zero-order valence-corrected chi connectivity index (χ0v) is 17.2.